The van der Waals surface area contributed by atoms with Crippen LogP contribution in [0.3, 0.4) is 0 Å². The molecule has 1 aliphatic heterocycles. The number of amides is 3. The maximum atomic E-state index is 12.0. The van der Waals surface area contributed by atoms with Crippen molar-refractivity contribution in [1.29, 1.82) is 0 Å². The zero-order valence-electron chi connectivity index (χ0n) is 16.3. The number of morpholine rings is 1. The van der Waals surface area contributed by atoms with Crippen LogP contribution in [0.5, 0.6) is 0 Å². The fourth-order valence-electron chi connectivity index (χ4n) is 2.86. The van der Waals surface area contributed by atoms with Gasteiger partial charge in [-0.25, -0.2) is 4.79 Å². The largest absolute Gasteiger partial charge is 0.379 e. The highest BCUT2D eigenvalue weighted by molar-refractivity contribution is 5.78. The van der Waals surface area contributed by atoms with Crippen molar-refractivity contribution in [3.05, 3.63) is 0 Å². The number of rotatable bonds is 10. The van der Waals surface area contributed by atoms with Crippen LogP contribution in [0, 0.1) is 5.92 Å². The molecule has 7 heteroatoms. The predicted molar refractivity (Wildman–Crippen MR) is 99.5 cm³/mol. The first kappa shape index (κ1) is 21.7. The normalized spacial score (nSPS) is 17.8. The van der Waals surface area contributed by atoms with Gasteiger partial charge in [0.2, 0.25) is 5.91 Å². The molecule has 0 aromatic heterocycles. The highest BCUT2D eigenvalue weighted by Crippen LogP contribution is 2.12. The Morgan fingerprint density at radius 2 is 1.80 bits per heavy atom. The standard InChI is InChI=1S/C18H36N4O3/c1-5-15(4)21-17(23)6-7-19-18(24)20-13-16(12-14(2)3)22-8-10-25-11-9-22/h14-16H,5-13H2,1-4H3,(H,21,23)(H2,19,20,24). The molecule has 0 radical (unpaired) electrons. The molecule has 0 aliphatic carbocycles. The van der Waals surface area contributed by atoms with Gasteiger partial charge in [-0.2, -0.15) is 0 Å². The van der Waals surface area contributed by atoms with Crippen LogP contribution in [-0.2, 0) is 9.53 Å². The second-order valence-electron chi connectivity index (χ2n) is 7.20. The highest BCUT2D eigenvalue weighted by Gasteiger charge is 2.22. The Hall–Kier alpha value is -1.34. The van der Waals surface area contributed by atoms with Gasteiger partial charge in [-0.3, -0.25) is 9.69 Å². The van der Waals surface area contributed by atoms with Crippen LogP contribution >= 0.6 is 0 Å². The number of hydrogen-bond acceptors (Lipinski definition) is 4. The first-order valence-corrected chi connectivity index (χ1v) is 9.55. The molecule has 2 unspecified atom stereocenters. The molecule has 1 saturated heterocycles. The van der Waals surface area contributed by atoms with E-state index in [2.05, 4.69) is 34.7 Å². The predicted octanol–water partition coefficient (Wildman–Crippen LogP) is 1.34. The summed E-state index contributed by atoms with van der Waals surface area (Å²) in [5.41, 5.74) is 0. The third kappa shape index (κ3) is 9.65. The molecule has 1 rings (SSSR count). The molecule has 2 atom stereocenters. The van der Waals surface area contributed by atoms with Gasteiger partial charge in [0.1, 0.15) is 0 Å². The molecule has 1 aliphatic rings. The third-order valence-corrected chi connectivity index (χ3v) is 4.46. The number of nitrogens with one attached hydrogen (secondary N) is 3. The van der Waals surface area contributed by atoms with E-state index in [1.165, 1.54) is 0 Å². The molecule has 0 aromatic rings. The fourth-order valence-corrected chi connectivity index (χ4v) is 2.86. The van der Waals surface area contributed by atoms with Gasteiger partial charge in [0.15, 0.2) is 0 Å². The first-order valence-electron chi connectivity index (χ1n) is 9.55. The van der Waals surface area contributed by atoms with Gasteiger partial charge in [0, 0.05) is 44.7 Å². The molecule has 0 bridgehead atoms. The molecule has 1 fully saturated rings. The Morgan fingerprint density at radius 3 is 2.40 bits per heavy atom. The summed E-state index contributed by atoms with van der Waals surface area (Å²) in [6.45, 7) is 12.7. The summed E-state index contributed by atoms with van der Waals surface area (Å²) in [6.07, 6.45) is 2.24. The lowest BCUT2D eigenvalue weighted by Crippen LogP contribution is -2.50. The average molecular weight is 357 g/mol. The molecule has 0 aromatic carbocycles. The Bertz CT molecular complexity index is 398. The second kappa shape index (κ2) is 12.1. The lowest BCUT2D eigenvalue weighted by atomic mass is 10.0. The van der Waals surface area contributed by atoms with Crippen molar-refractivity contribution in [2.45, 2.75) is 59.0 Å². The lowest BCUT2D eigenvalue weighted by Gasteiger charge is -2.35. The summed E-state index contributed by atoms with van der Waals surface area (Å²) in [6, 6.07) is 0.286. The van der Waals surface area contributed by atoms with Gasteiger partial charge in [0.05, 0.1) is 13.2 Å². The van der Waals surface area contributed by atoms with Gasteiger partial charge in [0.25, 0.3) is 0 Å². The number of carbonyl (C=O) groups is 2. The number of nitrogens with zero attached hydrogens (tertiary/aromatic N) is 1. The third-order valence-electron chi connectivity index (χ3n) is 4.46. The maximum Gasteiger partial charge on any atom is 0.314 e. The zero-order chi connectivity index (χ0) is 18.7. The number of hydrogen-bond donors (Lipinski definition) is 3. The maximum absolute atomic E-state index is 12.0. The molecular formula is C18H36N4O3. The minimum atomic E-state index is -0.210. The van der Waals surface area contributed by atoms with E-state index in [4.69, 9.17) is 4.74 Å². The zero-order valence-corrected chi connectivity index (χ0v) is 16.3. The van der Waals surface area contributed by atoms with Crippen molar-refractivity contribution in [1.82, 2.24) is 20.9 Å². The van der Waals surface area contributed by atoms with Crippen LogP contribution in [0.25, 0.3) is 0 Å². The van der Waals surface area contributed by atoms with Crippen molar-refractivity contribution in [2.24, 2.45) is 5.92 Å². The van der Waals surface area contributed by atoms with Crippen LogP contribution in [0.1, 0.15) is 47.0 Å². The molecule has 7 nitrogen and oxygen atoms in total. The van der Waals surface area contributed by atoms with Crippen LogP contribution < -0.4 is 16.0 Å². The SMILES string of the molecule is CCC(C)NC(=O)CCNC(=O)NCC(CC(C)C)N1CCOCC1. The quantitative estimate of drug-likeness (QED) is 0.552. The molecule has 25 heavy (non-hydrogen) atoms. The van der Waals surface area contributed by atoms with E-state index in [1.54, 1.807) is 0 Å². The van der Waals surface area contributed by atoms with E-state index in [1.807, 2.05) is 13.8 Å². The summed E-state index contributed by atoms with van der Waals surface area (Å²) < 4.78 is 5.41. The van der Waals surface area contributed by atoms with Crippen LogP contribution in [0.4, 0.5) is 4.79 Å². The van der Waals surface area contributed by atoms with Crippen molar-refractivity contribution in [3.8, 4) is 0 Å². The molecule has 0 spiro atoms. The summed E-state index contributed by atoms with van der Waals surface area (Å²) in [4.78, 5) is 26.1. The van der Waals surface area contributed by atoms with Crippen molar-refractivity contribution in [2.75, 3.05) is 39.4 Å². The second-order valence-corrected chi connectivity index (χ2v) is 7.20. The number of ether oxygens (including phenoxy) is 1. The topological polar surface area (TPSA) is 82.7 Å². The fraction of sp³-hybridized carbons (Fsp3) is 0.889. The van der Waals surface area contributed by atoms with Crippen molar-refractivity contribution >= 4 is 11.9 Å². The minimum absolute atomic E-state index is 0.0272. The summed E-state index contributed by atoms with van der Waals surface area (Å²) >= 11 is 0. The first-order chi connectivity index (χ1) is 11.9. The molecule has 146 valence electrons. The Kier molecular flexibility index (Phi) is 10.5. The van der Waals surface area contributed by atoms with E-state index >= 15 is 0 Å². The van der Waals surface area contributed by atoms with Crippen LogP contribution in [0.2, 0.25) is 0 Å². The molecule has 3 N–H and O–H groups in total. The van der Waals surface area contributed by atoms with E-state index in [0.29, 0.717) is 31.5 Å². The van der Waals surface area contributed by atoms with Gasteiger partial charge < -0.3 is 20.7 Å². The van der Waals surface area contributed by atoms with E-state index < -0.39 is 0 Å². The molecule has 1 heterocycles. The number of carbonyl (C=O) groups excluding carboxylic acids is 2. The molecule has 0 saturated carbocycles. The summed E-state index contributed by atoms with van der Waals surface area (Å²) in [7, 11) is 0. The van der Waals surface area contributed by atoms with Crippen molar-refractivity contribution in [3.63, 3.8) is 0 Å². The van der Waals surface area contributed by atoms with Gasteiger partial charge in [-0.05, 0) is 25.7 Å². The van der Waals surface area contributed by atoms with Crippen LogP contribution in [0.15, 0.2) is 0 Å². The van der Waals surface area contributed by atoms with Gasteiger partial charge in [-0.1, -0.05) is 20.8 Å². The van der Waals surface area contributed by atoms with E-state index in [0.717, 1.165) is 39.1 Å². The Labute approximate surface area is 152 Å². The molecular weight excluding hydrogens is 320 g/mol. The molecule has 3 amide bonds. The van der Waals surface area contributed by atoms with E-state index in [-0.39, 0.29) is 18.0 Å². The average Bonchev–Trinajstić information content (AvgIpc) is 2.58. The number of urea groups is 1. The smallest absolute Gasteiger partial charge is 0.314 e. The summed E-state index contributed by atoms with van der Waals surface area (Å²) in [5.74, 6) is 0.544. The van der Waals surface area contributed by atoms with E-state index in [9.17, 15) is 9.59 Å². The summed E-state index contributed by atoms with van der Waals surface area (Å²) in [5, 5.41) is 8.60. The highest BCUT2D eigenvalue weighted by atomic mass is 16.5. The van der Waals surface area contributed by atoms with Gasteiger partial charge >= 0.3 is 6.03 Å². The minimum Gasteiger partial charge on any atom is -0.379 e. The van der Waals surface area contributed by atoms with Gasteiger partial charge in [-0.15, -0.1) is 0 Å². The Balaban J connectivity index is 2.27. The van der Waals surface area contributed by atoms with Crippen molar-refractivity contribution < 1.29 is 14.3 Å². The van der Waals surface area contributed by atoms with Crippen LogP contribution in [-0.4, -0.2) is 68.3 Å². The lowest BCUT2D eigenvalue weighted by molar-refractivity contribution is -0.121. The monoisotopic (exact) mass is 356 g/mol. The Morgan fingerprint density at radius 1 is 1.12 bits per heavy atom.